The Bertz CT molecular complexity index is 1630. The van der Waals surface area contributed by atoms with Crippen molar-refractivity contribution < 1.29 is 37.8 Å². The van der Waals surface area contributed by atoms with Gasteiger partial charge in [0, 0.05) is 16.7 Å². The molecule has 40 heavy (non-hydrogen) atoms. The second-order valence-corrected chi connectivity index (χ2v) is 11.1. The summed E-state index contributed by atoms with van der Waals surface area (Å²) in [5, 5.41) is 0. The van der Waals surface area contributed by atoms with Crippen LogP contribution in [0.3, 0.4) is 0 Å². The Kier molecular flexibility index (Phi) is 7.74. The van der Waals surface area contributed by atoms with Crippen LogP contribution in [0.25, 0.3) is 44.5 Å². The first kappa shape index (κ1) is 27.6. The van der Waals surface area contributed by atoms with E-state index in [1.807, 2.05) is 6.07 Å². The van der Waals surface area contributed by atoms with E-state index in [2.05, 4.69) is 0 Å². The summed E-state index contributed by atoms with van der Waals surface area (Å²) in [6.45, 7) is 0. The standard InChI is InChI=1S/C30H24O8P2/c31-39(32,33)37-29-26(22-15-7-2-8-16-22)25(21-13-5-1-6-14-21)27(23-17-9-3-10-18-23)30(38-40(34,35)36)28(29)24-19-11-4-12-20-24/h1-20H,(H2,31,32,33)(H2,34,35,36). The minimum atomic E-state index is -5.20. The van der Waals surface area contributed by atoms with Gasteiger partial charge in [-0.15, -0.1) is 0 Å². The highest BCUT2D eigenvalue weighted by Crippen LogP contribution is 2.60. The van der Waals surface area contributed by atoms with Crippen LogP contribution in [0.15, 0.2) is 121 Å². The summed E-state index contributed by atoms with van der Waals surface area (Å²) in [5.74, 6) is -0.569. The fraction of sp³-hybridized carbons (Fsp3) is 0. The smallest absolute Gasteiger partial charge is 0.403 e. The summed E-state index contributed by atoms with van der Waals surface area (Å²) >= 11 is 0. The van der Waals surface area contributed by atoms with E-state index in [0.717, 1.165) is 0 Å². The van der Waals surface area contributed by atoms with E-state index < -0.39 is 15.6 Å². The summed E-state index contributed by atoms with van der Waals surface area (Å²) in [7, 11) is -10.4. The average molecular weight is 574 g/mol. The SMILES string of the molecule is O=P(O)(O)Oc1c(-c2ccccc2)c(OP(=O)(O)O)c(-c2ccccc2)c(-c2ccccc2)c1-c1ccccc1. The van der Waals surface area contributed by atoms with E-state index in [9.17, 15) is 28.7 Å². The van der Waals surface area contributed by atoms with Crippen LogP contribution in [0.5, 0.6) is 11.5 Å². The number of benzene rings is 5. The van der Waals surface area contributed by atoms with Crippen molar-refractivity contribution in [2.24, 2.45) is 0 Å². The second kappa shape index (κ2) is 11.2. The van der Waals surface area contributed by atoms with Gasteiger partial charge in [0.15, 0.2) is 11.5 Å². The van der Waals surface area contributed by atoms with Gasteiger partial charge in [0.05, 0.1) is 5.56 Å². The lowest BCUT2D eigenvalue weighted by atomic mass is 9.83. The average Bonchev–Trinajstić information content (AvgIpc) is 2.93. The van der Waals surface area contributed by atoms with Crippen molar-refractivity contribution in [1.29, 1.82) is 0 Å². The van der Waals surface area contributed by atoms with Crippen LogP contribution in [-0.2, 0) is 9.13 Å². The van der Waals surface area contributed by atoms with Crippen LogP contribution >= 0.6 is 15.6 Å². The van der Waals surface area contributed by atoms with Crippen molar-refractivity contribution in [2.45, 2.75) is 0 Å². The first-order chi connectivity index (χ1) is 19.1. The minimum Gasteiger partial charge on any atom is -0.403 e. The molecule has 0 saturated carbocycles. The molecule has 0 aliphatic heterocycles. The summed E-state index contributed by atoms with van der Waals surface area (Å²) in [5.41, 5.74) is 3.09. The zero-order chi connectivity index (χ0) is 28.3. The van der Waals surface area contributed by atoms with Crippen molar-refractivity contribution in [3.63, 3.8) is 0 Å². The highest BCUT2D eigenvalue weighted by molar-refractivity contribution is 7.47. The number of hydrogen-bond donors (Lipinski definition) is 4. The lowest BCUT2D eigenvalue weighted by Gasteiger charge is -2.27. The molecule has 0 heterocycles. The monoisotopic (exact) mass is 574 g/mol. The molecule has 0 unspecified atom stereocenters. The van der Waals surface area contributed by atoms with Gasteiger partial charge in [-0.1, -0.05) is 121 Å². The topological polar surface area (TPSA) is 134 Å². The molecule has 4 N–H and O–H groups in total. The molecule has 5 aromatic carbocycles. The van der Waals surface area contributed by atoms with E-state index in [4.69, 9.17) is 9.05 Å². The second-order valence-electron chi connectivity index (χ2n) is 8.79. The summed E-state index contributed by atoms with van der Waals surface area (Å²) in [6.07, 6.45) is 0. The van der Waals surface area contributed by atoms with E-state index >= 15 is 0 Å². The molecule has 0 aliphatic rings. The van der Waals surface area contributed by atoms with Crippen LogP contribution in [0, 0.1) is 0 Å². The van der Waals surface area contributed by atoms with Crippen molar-refractivity contribution in [3.05, 3.63) is 121 Å². The summed E-state index contributed by atoms with van der Waals surface area (Å²) in [4.78, 5) is 40.3. The molecule has 0 radical (unpaired) electrons. The van der Waals surface area contributed by atoms with Gasteiger partial charge in [-0.2, -0.15) is 0 Å². The van der Waals surface area contributed by atoms with E-state index in [-0.39, 0.29) is 17.1 Å². The van der Waals surface area contributed by atoms with Crippen molar-refractivity contribution in [3.8, 4) is 56.0 Å². The van der Waals surface area contributed by atoms with Crippen LogP contribution in [0.1, 0.15) is 0 Å². The first-order valence-corrected chi connectivity index (χ1v) is 15.1. The van der Waals surface area contributed by atoms with Gasteiger partial charge >= 0.3 is 15.6 Å². The Labute approximate surface area is 230 Å². The molecule has 202 valence electrons. The molecule has 5 aromatic rings. The molecule has 8 nitrogen and oxygen atoms in total. The maximum absolute atomic E-state index is 12.4. The summed E-state index contributed by atoms with van der Waals surface area (Å²) < 4.78 is 35.7. The fourth-order valence-corrected chi connectivity index (χ4v) is 5.49. The minimum absolute atomic E-state index is 0.0235. The zero-order valence-corrected chi connectivity index (χ0v) is 22.7. The van der Waals surface area contributed by atoms with E-state index in [0.29, 0.717) is 38.9 Å². The number of hydrogen-bond acceptors (Lipinski definition) is 4. The molecule has 0 atom stereocenters. The largest absolute Gasteiger partial charge is 0.524 e. The van der Waals surface area contributed by atoms with Crippen LogP contribution in [-0.4, -0.2) is 19.6 Å². The van der Waals surface area contributed by atoms with Gasteiger partial charge < -0.3 is 9.05 Å². The predicted octanol–water partition coefficient (Wildman–Crippen LogP) is 7.30. The number of phosphoric acid groups is 2. The Balaban J connectivity index is 2.11. The van der Waals surface area contributed by atoms with E-state index in [1.165, 1.54) is 0 Å². The van der Waals surface area contributed by atoms with Crippen LogP contribution in [0.4, 0.5) is 0 Å². The van der Waals surface area contributed by atoms with Crippen molar-refractivity contribution >= 4 is 15.6 Å². The molecule has 0 saturated heterocycles. The Morgan fingerprint density at radius 2 is 0.625 bits per heavy atom. The lowest BCUT2D eigenvalue weighted by Crippen LogP contribution is -2.04. The molecule has 10 heteroatoms. The van der Waals surface area contributed by atoms with Gasteiger partial charge in [-0.3, -0.25) is 19.6 Å². The van der Waals surface area contributed by atoms with Gasteiger partial charge in [0.2, 0.25) is 0 Å². The van der Waals surface area contributed by atoms with Crippen LogP contribution < -0.4 is 9.05 Å². The third-order valence-corrected chi connectivity index (χ3v) is 6.92. The van der Waals surface area contributed by atoms with Crippen LogP contribution in [0.2, 0.25) is 0 Å². The maximum atomic E-state index is 12.4. The number of rotatable bonds is 8. The highest BCUT2D eigenvalue weighted by Gasteiger charge is 2.35. The first-order valence-electron chi connectivity index (χ1n) is 12.1. The Morgan fingerprint density at radius 1 is 0.375 bits per heavy atom. The molecule has 0 bridgehead atoms. The third kappa shape index (κ3) is 6.09. The molecule has 0 fully saturated rings. The van der Waals surface area contributed by atoms with Gasteiger partial charge in [0.1, 0.15) is 0 Å². The zero-order valence-electron chi connectivity index (χ0n) is 20.9. The van der Waals surface area contributed by atoms with Gasteiger partial charge in [0.25, 0.3) is 0 Å². The molecular formula is C30H24O8P2. The fourth-order valence-electron chi connectivity index (χ4n) is 4.65. The van der Waals surface area contributed by atoms with Gasteiger partial charge in [-0.05, 0) is 22.3 Å². The van der Waals surface area contributed by atoms with Crippen molar-refractivity contribution in [2.75, 3.05) is 0 Å². The Hall–Kier alpha value is -4.00. The van der Waals surface area contributed by atoms with Crippen molar-refractivity contribution in [1.82, 2.24) is 0 Å². The molecule has 0 spiro atoms. The molecular weight excluding hydrogens is 550 g/mol. The quantitative estimate of drug-likeness (QED) is 0.142. The third-order valence-electron chi connectivity index (χ3n) is 6.08. The molecule has 5 rings (SSSR count). The highest BCUT2D eigenvalue weighted by atomic mass is 31.2. The molecule has 0 amide bonds. The normalized spacial score (nSPS) is 11.7. The molecule has 0 aromatic heterocycles. The maximum Gasteiger partial charge on any atom is 0.524 e. The Morgan fingerprint density at radius 3 is 0.900 bits per heavy atom. The van der Waals surface area contributed by atoms with Gasteiger partial charge in [-0.25, -0.2) is 9.13 Å². The molecule has 0 aliphatic carbocycles. The number of phosphoric ester groups is 2. The lowest BCUT2D eigenvalue weighted by molar-refractivity contribution is 0.282. The predicted molar refractivity (Wildman–Crippen MR) is 154 cm³/mol. The van der Waals surface area contributed by atoms with E-state index in [1.54, 1.807) is 115 Å². The summed E-state index contributed by atoms with van der Waals surface area (Å²) in [6, 6.07) is 35.1.